The van der Waals surface area contributed by atoms with Gasteiger partial charge in [-0.1, -0.05) is 0 Å². The van der Waals surface area contributed by atoms with Crippen LogP contribution in [0.3, 0.4) is 0 Å². The Kier molecular flexibility index (Phi) is 7.22. The standard InChI is InChI=1S/C2H3O2.Ti/c1-2(3)4;/h1H2,(H,3,4);/q-1;. The summed E-state index contributed by atoms with van der Waals surface area (Å²) in [7, 11) is 0. The molecule has 2 nitrogen and oxygen atoms in total. The molecule has 5 heavy (non-hydrogen) atoms. The van der Waals surface area contributed by atoms with Gasteiger partial charge in [0.15, 0.2) is 5.97 Å². The topological polar surface area (TPSA) is 37.3 Å². The summed E-state index contributed by atoms with van der Waals surface area (Å²) in [6, 6.07) is 0. The summed E-state index contributed by atoms with van der Waals surface area (Å²) in [6.45, 7) is 2.56. The van der Waals surface area contributed by atoms with Crippen LogP contribution in [-0.4, -0.2) is 11.1 Å². The van der Waals surface area contributed by atoms with Crippen molar-refractivity contribution >= 4 is 5.97 Å². The van der Waals surface area contributed by atoms with Gasteiger partial charge in [-0.2, -0.15) is 0 Å². The third-order valence-corrected chi connectivity index (χ3v) is 0. The van der Waals surface area contributed by atoms with Gasteiger partial charge >= 0.3 is 0 Å². The molecule has 0 saturated heterocycles. The van der Waals surface area contributed by atoms with Crippen LogP contribution in [0, 0.1) is 6.92 Å². The van der Waals surface area contributed by atoms with Crippen LogP contribution in [0.25, 0.3) is 0 Å². The molecule has 0 aliphatic heterocycles. The van der Waals surface area contributed by atoms with Gasteiger partial charge in [0.1, 0.15) is 0 Å². The number of carbonyl (C=O) groups is 1. The zero-order chi connectivity index (χ0) is 3.58. The molecular formula is C2H3O2Ti-. The van der Waals surface area contributed by atoms with Crippen LogP contribution < -0.4 is 0 Å². The van der Waals surface area contributed by atoms with E-state index in [1.807, 2.05) is 0 Å². The van der Waals surface area contributed by atoms with Crippen LogP contribution in [-0.2, 0) is 26.5 Å². The molecule has 0 amide bonds. The molecule has 0 unspecified atom stereocenters. The smallest absolute Gasteiger partial charge is 0.161 e. The predicted molar refractivity (Wildman–Crippen MR) is 13.0 cm³/mol. The third kappa shape index (κ3) is 5810. The summed E-state index contributed by atoms with van der Waals surface area (Å²) >= 11 is 0. The molecule has 1 N–H and O–H groups in total. The van der Waals surface area contributed by atoms with Crippen LogP contribution in [0.5, 0.6) is 0 Å². The minimum Gasteiger partial charge on any atom is -0.503 e. The Bertz CT molecular complexity index is 30.6. The Morgan fingerprint density at radius 3 is 1.80 bits per heavy atom. The monoisotopic (exact) mass is 107 g/mol. The second-order valence-corrected chi connectivity index (χ2v) is 0.394. The van der Waals surface area contributed by atoms with Crippen molar-refractivity contribution in [3.05, 3.63) is 6.92 Å². The van der Waals surface area contributed by atoms with Gasteiger partial charge in [0.05, 0.1) is 0 Å². The molecular weight excluding hydrogens is 104 g/mol. The third-order valence-electron chi connectivity index (χ3n) is 0. The molecule has 0 aromatic rings. The fourth-order valence-corrected chi connectivity index (χ4v) is 0. The Balaban J connectivity index is 0. The molecule has 0 aromatic heterocycles. The Hall–Kier alpha value is 0.0543. The second kappa shape index (κ2) is 4.05. The van der Waals surface area contributed by atoms with Crippen molar-refractivity contribution in [1.29, 1.82) is 0 Å². The van der Waals surface area contributed by atoms with Gasteiger partial charge in [-0.25, -0.2) is 0 Å². The number of hydrogen-bond donors (Lipinski definition) is 1. The summed E-state index contributed by atoms with van der Waals surface area (Å²) < 4.78 is 0. The van der Waals surface area contributed by atoms with Crippen LogP contribution in [0.4, 0.5) is 0 Å². The van der Waals surface area contributed by atoms with Gasteiger partial charge in [0.25, 0.3) is 0 Å². The maximum absolute atomic E-state index is 8.89. The van der Waals surface area contributed by atoms with E-state index in [0.29, 0.717) is 0 Å². The average Bonchev–Trinajstić information content (AvgIpc) is 0.811. The summed E-state index contributed by atoms with van der Waals surface area (Å²) in [6.07, 6.45) is 0. The number of rotatable bonds is 0. The molecule has 0 bridgehead atoms. The molecule has 3 heteroatoms. The van der Waals surface area contributed by atoms with E-state index in [-0.39, 0.29) is 21.7 Å². The van der Waals surface area contributed by atoms with Gasteiger partial charge in [-0.15, -0.1) is 0 Å². The van der Waals surface area contributed by atoms with Crippen molar-refractivity contribution in [3.8, 4) is 0 Å². The van der Waals surface area contributed by atoms with Gasteiger partial charge < -0.3 is 5.11 Å². The van der Waals surface area contributed by atoms with Gasteiger partial charge in [-0.3, -0.25) is 11.7 Å². The summed E-state index contributed by atoms with van der Waals surface area (Å²) in [5, 5.41) is 7.31. The van der Waals surface area contributed by atoms with E-state index in [1.54, 1.807) is 0 Å². The number of aliphatic carboxylic acids is 1. The van der Waals surface area contributed by atoms with E-state index < -0.39 is 5.97 Å². The molecule has 0 spiro atoms. The van der Waals surface area contributed by atoms with Gasteiger partial charge in [0, 0.05) is 21.7 Å². The summed E-state index contributed by atoms with van der Waals surface area (Å²) in [5.74, 6) is -1.08. The first-order chi connectivity index (χ1) is 1.73. The first-order valence-corrected chi connectivity index (χ1v) is 0.781. The average molecular weight is 107 g/mol. The number of carboxylic acids is 1. The summed E-state index contributed by atoms with van der Waals surface area (Å²) in [4.78, 5) is 8.89. The molecule has 0 aliphatic carbocycles. The van der Waals surface area contributed by atoms with E-state index >= 15 is 0 Å². The molecule has 0 rings (SSSR count). The number of hydrogen-bond acceptors (Lipinski definition) is 1. The largest absolute Gasteiger partial charge is 0.503 e. The maximum atomic E-state index is 8.89. The first-order valence-electron chi connectivity index (χ1n) is 0.781. The van der Waals surface area contributed by atoms with E-state index in [0.717, 1.165) is 0 Å². The van der Waals surface area contributed by atoms with Crippen molar-refractivity contribution in [2.24, 2.45) is 0 Å². The Labute approximate surface area is 45.1 Å². The summed E-state index contributed by atoms with van der Waals surface area (Å²) in [5.41, 5.74) is 0. The van der Waals surface area contributed by atoms with E-state index in [2.05, 4.69) is 6.92 Å². The van der Waals surface area contributed by atoms with Crippen LogP contribution >= 0.6 is 0 Å². The van der Waals surface area contributed by atoms with Gasteiger partial charge in [0.2, 0.25) is 0 Å². The molecule has 28 valence electrons. The fourth-order valence-electron chi connectivity index (χ4n) is 0. The minimum atomic E-state index is -1.08. The normalized spacial score (nSPS) is 4.80. The zero-order valence-corrected chi connectivity index (χ0v) is 4.12. The van der Waals surface area contributed by atoms with Crippen LogP contribution in [0.1, 0.15) is 0 Å². The molecule has 0 aliphatic rings. The molecule has 0 heterocycles. The second-order valence-electron chi connectivity index (χ2n) is 0.394. The molecule has 0 fully saturated rings. The van der Waals surface area contributed by atoms with Crippen molar-refractivity contribution in [3.63, 3.8) is 0 Å². The Morgan fingerprint density at radius 2 is 1.80 bits per heavy atom. The quantitative estimate of drug-likeness (QED) is 0.346. The van der Waals surface area contributed by atoms with Crippen molar-refractivity contribution in [2.45, 2.75) is 0 Å². The predicted octanol–water partition coefficient (Wildman–Crippen LogP) is -0.0974. The van der Waals surface area contributed by atoms with Gasteiger partial charge in [-0.05, 0) is 0 Å². The fraction of sp³-hybridized carbons (Fsp3) is 0. The van der Waals surface area contributed by atoms with Crippen molar-refractivity contribution < 1.29 is 31.6 Å². The molecule has 0 atom stereocenters. The first kappa shape index (κ1) is 8.91. The van der Waals surface area contributed by atoms with Crippen LogP contribution in [0.2, 0.25) is 0 Å². The van der Waals surface area contributed by atoms with E-state index in [9.17, 15) is 0 Å². The molecule has 0 aromatic carbocycles. The van der Waals surface area contributed by atoms with E-state index in [1.165, 1.54) is 0 Å². The molecule has 0 saturated carbocycles. The van der Waals surface area contributed by atoms with Crippen LogP contribution in [0.15, 0.2) is 0 Å². The van der Waals surface area contributed by atoms with E-state index in [4.69, 9.17) is 9.90 Å². The van der Waals surface area contributed by atoms with Crippen molar-refractivity contribution in [1.82, 2.24) is 0 Å². The maximum Gasteiger partial charge on any atom is 0.161 e. The Morgan fingerprint density at radius 1 is 1.80 bits per heavy atom. The zero-order valence-electron chi connectivity index (χ0n) is 2.56. The minimum absolute atomic E-state index is 0. The SMILES string of the molecule is [CH2-]C(=O)O.[Ti]. The number of carboxylic acid groups (broad SMARTS) is 1. The van der Waals surface area contributed by atoms with Crippen molar-refractivity contribution in [2.75, 3.05) is 0 Å². The molecule has 0 radical (unpaired) electrons.